The number of rotatable bonds is 4. The average molecular weight is 237 g/mol. The summed E-state index contributed by atoms with van der Waals surface area (Å²) < 4.78 is 5.16. The van der Waals surface area contributed by atoms with E-state index in [1.807, 2.05) is 27.7 Å². The highest BCUT2D eigenvalue weighted by molar-refractivity contribution is 5.98. The molecule has 0 aliphatic carbocycles. The zero-order valence-electron chi connectivity index (χ0n) is 10.8. The van der Waals surface area contributed by atoms with Crippen LogP contribution >= 0.6 is 0 Å². The number of carbonyl (C=O) groups is 2. The second kappa shape index (κ2) is 5.17. The van der Waals surface area contributed by atoms with Gasteiger partial charge in [0.15, 0.2) is 5.78 Å². The van der Waals surface area contributed by atoms with Crippen LogP contribution in [0.15, 0.2) is 16.7 Å². The van der Waals surface area contributed by atoms with E-state index in [0.29, 0.717) is 17.7 Å². The van der Waals surface area contributed by atoms with Crippen LogP contribution in [0.3, 0.4) is 0 Å². The number of hydrogen-bond donors (Lipinski definition) is 1. The molecule has 1 rings (SSSR count). The summed E-state index contributed by atoms with van der Waals surface area (Å²) in [4.78, 5) is 23.4. The molecule has 0 atom stereocenters. The van der Waals surface area contributed by atoms with Gasteiger partial charge >= 0.3 is 0 Å². The second-order valence-corrected chi connectivity index (χ2v) is 4.97. The maximum atomic E-state index is 11.8. The van der Waals surface area contributed by atoms with Crippen molar-refractivity contribution in [1.82, 2.24) is 5.32 Å². The van der Waals surface area contributed by atoms with E-state index in [-0.39, 0.29) is 18.2 Å². The third-order valence-electron chi connectivity index (χ3n) is 2.56. The number of carbonyl (C=O) groups excluding carboxylic acids is 2. The summed E-state index contributed by atoms with van der Waals surface area (Å²) in [5.41, 5.74) is 0.0753. The van der Waals surface area contributed by atoms with E-state index in [4.69, 9.17) is 4.42 Å². The monoisotopic (exact) mass is 237 g/mol. The fraction of sp³-hybridized carbons (Fsp3) is 0.538. The lowest BCUT2D eigenvalue weighted by Crippen LogP contribution is -2.35. The van der Waals surface area contributed by atoms with E-state index in [2.05, 4.69) is 5.32 Å². The first-order valence-electron chi connectivity index (χ1n) is 5.74. The highest BCUT2D eigenvalue weighted by Gasteiger charge is 2.22. The van der Waals surface area contributed by atoms with Gasteiger partial charge < -0.3 is 9.73 Å². The first-order chi connectivity index (χ1) is 7.86. The lowest BCUT2D eigenvalue weighted by Gasteiger charge is -2.16. The molecule has 4 heteroatoms. The van der Waals surface area contributed by atoms with Crippen LogP contribution < -0.4 is 5.32 Å². The predicted octanol–water partition coefficient (Wildman–Crippen LogP) is 2.19. The number of Topliss-reactive ketones (excluding diaryl/α,β-unsaturated/α-hetero) is 1. The maximum Gasteiger partial charge on any atom is 0.255 e. The summed E-state index contributed by atoms with van der Waals surface area (Å²) in [6, 6.07) is 1.62. The van der Waals surface area contributed by atoms with Crippen LogP contribution in [0.5, 0.6) is 0 Å². The smallest absolute Gasteiger partial charge is 0.255 e. The van der Waals surface area contributed by atoms with Crippen molar-refractivity contribution in [3.05, 3.63) is 23.7 Å². The molecule has 0 saturated heterocycles. The summed E-state index contributed by atoms with van der Waals surface area (Å²) in [6.45, 7) is 7.46. The van der Waals surface area contributed by atoms with Crippen molar-refractivity contribution in [3.63, 3.8) is 0 Å². The molecule has 0 aromatic carbocycles. The van der Waals surface area contributed by atoms with Gasteiger partial charge in [-0.3, -0.25) is 9.59 Å². The number of aryl methyl sites for hydroxylation is 1. The van der Waals surface area contributed by atoms with Crippen molar-refractivity contribution < 1.29 is 14.0 Å². The molecule has 1 N–H and O–H groups in total. The zero-order chi connectivity index (χ0) is 13.1. The Morgan fingerprint density at radius 2 is 2.00 bits per heavy atom. The SMILES string of the molecule is CCc1occc1C(=O)NCC(=O)C(C)(C)C. The Kier molecular flexibility index (Phi) is 4.10. The number of amides is 1. The Hall–Kier alpha value is -1.58. The van der Waals surface area contributed by atoms with Gasteiger partial charge in [-0.25, -0.2) is 0 Å². The van der Waals surface area contributed by atoms with Crippen molar-refractivity contribution in [3.8, 4) is 0 Å². The first kappa shape index (κ1) is 13.5. The molecule has 0 saturated carbocycles. The van der Waals surface area contributed by atoms with Gasteiger partial charge in [0.2, 0.25) is 0 Å². The minimum atomic E-state index is -0.433. The van der Waals surface area contributed by atoms with E-state index in [9.17, 15) is 9.59 Å². The van der Waals surface area contributed by atoms with Crippen molar-refractivity contribution in [2.75, 3.05) is 6.54 Å². The highest BCUT2D eigenvalue weighted by Crippen LogP contribution is 2.14. The van der Waals surface area contributed by atoms with Gasteiger partial charge in [0, 0.05) is 11.8 Å². The molecule has 0 bridgehead atoms. The van der Waals surface area contributed by atoms with Crippen LogP contribution in [0.4, 0.5) is 0 Å². The molecule has 4 nitrogen and oxygen atoms in total. The van der Waals surface area contributed by atoms with E-state index in [1.165, 1.54) is 6.26 Å². The van der Waals surface area contributed by atoms with Gasteiger partial charge in [0.05, 0.1) is 18.4 Å². The molecule has 1 heterocycles. The molecule has 1 aromatic heterocycles. The summed E-state index contributed by atoms with van der Waals surface area (Å²) in [5, 5.41) is 2.62. The number of nitrogens with one attached hydrogen (secondary N) is 1. The number of furan rings is 1. The summed E-state index contributed by atoms with van der Waals surface area (Å²) in [5.74, 6) is 0.395. The van der Waals surface area contributed by atoms with Gasteiger partial charge in [-0.15, -0.1) is 0 Å². The molecule has 0 aliphatic heterocycles. The maximum absolute atomic E-state index is 11.8. The van der Waals surface area contributed by atoms with Gasteiger partial charge in [0.25, 0.3) is 5.91 Å². The first-order valence-corrected chi connectivity index (χ1v) is 5.74. The lowest BCUT2D eigenvalue weighted by molar-refractivity contribution is -0.125. The van der Waals surface area contributed by atoms with Crippen LogP contribution in [0.2, 0.25) is 0 Å². The molecule has 0 unspecified atom stereocenters. The lowest BCUT2D eigenvalue weighted by atomic mass is 9.91. The second-order valence-electron chi connectivity index (χ2n) is 4.97. The Bertz CT molecular complexity index is 413. The zero-order valence-corrected chi connectivity index (χ0v) is 10.8. The summed E-state index contributed by atoms with van der Waals surface area (Å²) in [6.07, 6.45) is 2.14. The molecule has 0 fully saturated rings. The quantitative estimate of drug-likeness (QED) is 0.873. The van der Waals surface area contributed by atoms with Gasteiger partial charge in [0.1, 0.15) is 5.76 Å². The van der Waals surface area contributed by atoms with Crippen LogP contribution in [-0.4, -0.2) is 18.2 Å². The van der Waals surface area contributed by atoms with Crippen molar-refractivity contribution in [1.29, 1.82) is 0 Å². The molecule has 1 aromatic rings. The third-order valence-corrected chi connectivity index (χ3v) is 2.56. The third kappa shape index (κ3) is 3.44. The summed E-state index contributed by atoms with van der Waals surface area (Å²) in [7, 11) is 0. The van der Waals surface area contributed by atoms with Gasteiger partial charge in [-0.05, 0) is 6.07 Å². The molecule has 94 valence electrons. The van der Waals surface area contributed by atoms with E-state index >= 15 is 0 Å². The average Bonchev–Trinajstić information content (AvgIpc) is 2.71. The standard InChI is InChI=1S/C13H19NO3/c1-5-10-9(6-7-17-10)12(16)14-8-11(15)13(2,3)4/h6-7H,5,8H2,1-4H3,(H,14,16). The van der Waals surface area contributed by atoms with Crippen LogP contribution in [0.25, 0.3) is 0 Å². The normalized spacial score (nSPS) is 11.3. The molecular weight excluding hydrogens is 218 g/mol. The molecule has 0 spiro atoms. The highest BCUT2D eigenvalue weighted by atomic mass is 16.3. The Labute approximate surface area is 101 Å². The Morgan fingerprint density at radius 1 is 1.35 bits per heavy atom. The number of hydrogen-bond acceptors (Lipinski definition) is 3. The largest absolute Gasteiger partial charge is 0.469 e. The molecule has 0 radical (unpaired) electrons. The Morgan fingerprint density at radius 3 is 2.53 bits per heavy atom. The van der Waals surface area contributed by atoms with E-state index in [1.54, 1.807) is 6.07 Å². The Balaban J connectivity index is 2.60. The van der Waals surface area contributed by atoms with Crippen molar-refractivity contribution in [2.24, 2.45) is 5.41 Å². The van der Waals surface area contributed by atoms with Gasteiger partial charge in [-0.2, -0.15) is 0 Å². The van der Waals surface area contributed by atoms with Crippen LogP contribution in [0.1, 0.15) is 43.8 Å². The summed E-state index contributed by atoms with van der Waals surface area (Å²) >= 11 is 0. The van der Waals surface area contributed by atoms with Crippen LogP contribution in [0, 0.1) is 5.41 Å². The van der Waals surface area contributed by atoms with E-state index in [0.717, 1.165) is 0 Å². The molecule has 1 amide bonds. The van der Waals surface area contributed by atoms with Crippen molar-refractivity contribution in [2.45, 2.75) is 34.1 Å². The van der Waals surface area contributed by atoms with Gasteiger partial charge in [-0.1, -0.05) is 27.7 Å². The van der Waals surface area contributed by atoms with Crippen molar-refractivity contribution >= 4 is 11.7 Å². The van der Waals surface area contributed by atoms with E-state index < -0.39 is 5.41 Å². The predicted molar refractivity (Wildman–Crippen MR) is 64.9 cm³/mol. The fourth-order valence-electron chi connectivity index (χ4n) is 1.34. The van der Waals surface area contributed by atoms with Crippen LogP contribution in [-0.2, 0) is 11.2 Å². The molecule has 0 aliphatic rings. The minimum absolute atomic E-state index is 0.00685. The minimum Gasteiger partial charge on any atom is -0.469 e. The fourth-order valence-corrected chi connectivity index (χ4v) is 1.34. The number of ketones is 1. The molecular formula is C13H19NO3. The molecule has 17 heavy (non-hydrogen) atoms. The topological polar surface area (TPSA) is 59.3 Å².